The van der Waals surface area contributed by atoms with Crippen LogP contribution < -0.4 is 10.9 Å². The first-order chi connectivity index (χ1) is 13.0. The lowest BCUT2D eigenvalue weighted by molar-refractivity contribution is -0.117. The van der Waals surface area contributed by atoms with E-state index in [2.05, 4.69) is 29.5 Å². The number of aromatic nitrogens is 3. The van der Waals surface area contributed by atoms with Gasteiger partial charge in [0.25, 0.3) is 5.56 Å². The molecular formula is C20H22N4O2S. The van der Waals surface area contributed by atoms with E-state index in [0.717, 1.165) is 42.5 Å². The average molecular weight is 382 g/mol. The van der Waals surface area contributed by atoms with Crippen LogP contribution in [0.1, 0.15) is 48.6 Å². The molecule has 0 aliphatic heterocycles. The van der Waals surface area contributed by atoms with Crippen LogP contribution in [0.3, 0.4) is 0 Å². The molecule has 140 valence electrons. The summed E-state index contributed by atoms with van der Waals surface area (Å²) in [7, 11) is 0. The first kappa shape index (κ1) is 17.9. The second kappa shape index (κ2) is 7.23. The highest BCUT2D eigenvalue weighted by Crippen LogP contribution is 2.33. The number of benzene rings is 1. The minimum Gasteiger partial charge on any atom is -0.324 e. The molecule has 1 amide bonds. The third kappa shape index (κ3) is 3.39. The average Bonchev–Trinajstić information content (AvgIpc) is 3.03. The highest BCUT2D eigenvalue weighted by molar-refractivity contribution is 7.18. The van der Waals surface area contributed by atoms with Crippen LogP contribution in [0, 0.1) is 0 Å². The van der Waals surface area contributed by atoms with Gasteiger partial charge >= 0.3 is 0 Å². The van der Waals surface area contributed by atoms with Gasteiger partial charge in [0, 0.05) is 10.6 Å². The van der Waals surface area contributed by atoms with Crippen molar-refractivity contribution in [1.82, 2.24) is 15.0 Å². The summed E-state index contributed by atoms with van der Waals surface area (Å²) < 4.78 is 1.18. The zero-order valence-electron chi connectivity index (χ0n) is 15.5. The Kier molecular flexibility index (Phi) is 4.78. The molecule has 2 heterocycles. The van der Waals surface area contributed by atoms with Crippen LogP contribution in [0.2, 0.25) is 0 Å². The Morgan fingerprint density at radius 1 is 1.26 bits per heavy atom. The second-order valence-corrected chi connectivity index (χ2v) is 8.32. The fraction of sp³-hybridized carbons (Fsp3) is 0.400. The van der Waals surface area contributed by atoms with E-state index >= 15 is 0 Å². The maximum atomic E-state index is 12.9. The first-order valence-corrected chi connectivity index (χ1v) is 10.1. The quantitative estimate of drug-likeness (QED) is 0.749. The summed E-state index contributed by atoms with van der Waals surface area (Å²) in [6, 6.07) is 7.71. The molecule has 0 atom stereocenters. The molecular weight excluding hydrogens is 360 g/mol. The molecule has 4 rings (SSSR count). The number of nitrogens with one attached hydrogen (secondary N) is 1. The maximum absolute atomic E-state index is 12.9. The molecule has 6 nitrogen and oxygen atoms in total. The van der Waals surface area contributed by atoms with Crippen LogP contribution in [0.4, 0.5) is 5.69 Å². The molecule has 7 heteroatoms. The van der Waals surface area contributed by atoms with Crippen LogP contribution in [-0.2, 0) is 24.2 Å². The number of hydrogen-bond acceptors (Lipinski definition) is 5. The Morgan fingerprint density at radius 2 is 2.04 bits per heavy atom. The number of carbonyl (C=O) groups excluding carboxylic acids is 1. The van der Waals surface area contributed by atoms with Crippen LogP contribution in [0.25, 0.3) is 10.2 Å². The molecule has 0 bridgehead atoms. The van der Waals surface area contributed by atoms with Gasteiger partial charge in [0.1, 0.15) is 6.54 Å². The van der Waals surface area contributed by atoms with E-state index in [1.54, 1.807) is 11.3 Å². The van der Waals surface area contributed by atoms with E-state index in [1.807, 2.05) is 24.3 Å². The third-order valence-corrected chi connectivity index (χ3v) is 6.17. The van der Waals surface area contributed by atoms with Gasteiger partial charge in [-0.25, -0.2) is 4.68 Å². The van der Waals surface area contributed by atoms with E-state index in [9.17, 15) is 9.59 Å². The molecule has 2 aromatic heterocycles. The predicted octanol–water partition coefficient (Wildman–Crippen LogP) is 3.49. The summed E-state index contributed by atoms with van der Waals surface area (Å²) in [5, 5.41) is 11.8. The van der Waals surface area contributed by atoms with E-state index in [0.29, 0.717) is 10.2 Å². The number of aryl methyl sites for hydroxylation is 2. The molecule has 1 aromatic carbocycles. The molecule has 0 fully saturated rings. The SMILES string of the molecule is CC(C)c1ccccc1NC(=O)Cn1nnc2sc3c(c2c1=O)CCCC3. The van der Waals surface area contributed by atoms with Gasteiger partial charge in [-0.3, -0.25) is 9.59 Å². The number of anilines is 1. The standard InChI is InChI=1S/C20H22N4O2S/c1-12(2)13-7-3-5-9-15(13)21-17(25)11-24-20(26)18-14-8-4-6-10-16(14)27-19(18)22-23-24/h3,5,7,9,12H,4,6,8,10-11H2,1-2H3,(H,21,25). The number of amides is 1. The van der Waals surface area contributed by atoms with Gasteiger partial charge < -0.3 is 5.32 Å². The summed E-state index contributed by atoms with van der Waals surface area (Å²) in [5.41, 5.74) is 2.73. The van der Waals surface area contributed by atoms with Crippen molar-refractivity contribution in [3.8, 4) is 0 Å². The predicted molar refractivity (Wildman–Crippen MR) is 107 cm³/mol. The number of para-hydroxylation sites is 1. The number of hydrogen-bond donors (Lipinski definition) is 1. The number of rotatable bonds is 4. The molecule has 1 aliphatic carbocycles. The van der Waals surface area contributed by atoms with E-state index in [-0.39, 0.29) is 23.9 Å². The monoisotopic (exact) mass is 382 g/mol. The number of carbonyl (C=O) groups is 1. The Hall–Kier alpha value is -2.54. The molecule has 0 radical (unpaired) electrons. The Labute approximate surface area is 161 Å². The fourth-order valence-corrected chi connectivity index (χ4v) is 4.85. The van der Waals surface area contributed by atoms with Crippen molar-refractivity contribution in [2.75, 3.05) is 5.32 Å². The molecule has 0 saturated carbocycles. The van der Waals surface area contributed by atoms with Crippen LogP contribution >= 0.6 is 11.3 Å². The summed E-state index contributed by atoms with van der Waals surface area (Å²) in [4.78, 5) is 27.4. The van der Waals surface area contributed by atoms with Gasteiger partial charge in [-0.05, 0) is 48.8 Å². The summed E-state index contributed by atoms with van der Waals surface area (Å²) in [6.07, 6.45) is 4.15. The minimum absolute atomic E-state index is 0.140. The van der Waals surface area contributed by atoms with E-state index in [1.165, 1.54) is 9.56 Å². The van der Waals surface area contributed by atoms with Gasteiger partial charge in [-0.15, -0.1) is 16.4 Å². The zero-order valence-corrected chi connectivity index (χ0v) is 16.3. The van der Waals surface area contributed by atoms with Gasteiger partial charge in [0.2, 0.25) is 5.91 Å². The van der Waals surface area contributed by atoms with Crippen molar-refractivity contribution in [3.63, 3.8) is 0 Å². The molecule has 1 N–H and O–H groups in total. The molecule has 0 spiro atoms. The van der Waals surface area contributed by atoms with E-state index < -0.39 is 0 Å². The Morgan fingerprint density at radius 3 is 2.85 bits per heavy atom. The molecule has 1 aliphatic rings. The molecule has 27 heavy (non-hydrogen) atoms. The molecule has 0 unspecified atom stereocenters. The van der Waals surface area contributed by atoms with Crippen LogP contribution in [-0.4, -0.2) is 20.9 Å². The van der Waals surface area contributed by atoms with Crippen molar-refractivity contribution in [2.24, 2.45) is 0 Å². The van der Waals surface area contributed by atoms with Crippen molar-refractivity contribution in [3.05, 3.63) is 50.6 Å². The number of nitrogens with zero attached hydrogens (tertiary/aromatic N) is 3. The largest absolute Gasteiger partial charge is 0.324 e. The lowest BCUT2D eigenvalue weighted by atomic mass is 9.97. The van der Waals surface area contributed by atoms with Crippen molar-refractivity contribution in [1.29, 1.82) is 0 Å². The Balaban J connectivity index is 1.61. The highest BCUT2D eigenvalue weighted by atomic mass is 32.1. The lowest BCUT2D eigenvalue weighted by Crippen LogP contribution is -2.30. The third-order valence-electron chi connectivity index (χ3n) is 4.99. The zero-order chi connectivity index (χ0) is 19.0. The highest BCUT2D eigenvalue weighted by Gasteiger charge is 2.21. The van der Waals surface area contributed by atoms with Crippen LogP contribution in [0.5, 0.6) is 0 Å². The fourth-order valence-electron chi connectivity index (χ4n) is 3.65. The summed E-state index contributed by atoms with van der Waals surface area (Å²) in [5.74, 6) is 0.0145. The second-order valence-electron chi connectivity index (χ2n) is 7.23. The smallest absolute Gasteiger partial charge is 0.279 e. The van der Waals surface area contributed by atoms with Crippen molar-refractivity contribution >= 4 is 33.1 Å². The topological polar surface area (TPSA) is 76.9 Å². The van der Waals surface area contributed by atoms with Gasteiger partial charge in [-0.2, -0.15) is 0 Å². The normalized spacial score (nSPS) is 13.7. The molecule has 3 aromatic rings. The maximum Gasteiger partial charge on any atom is 0.279 e. The van der Waals surface area contributed by atoms with Gasteiger partial charge in [0.05, 0.1) is 5.39 Å². The number of fused-ring (bicyclic) bond motifs is 3. The van der Waals surface area contributed by atoms with E-state index in [4.69, 9.17) is 0 Å². The van der Waals surface area contributed by atoms with Crippen molar-refractivity contribution < 1.29 is 4.79 Å². The Bertz CT molecular complexity index is 1070. The van der Waals surface area contributed by atoms with Crippen molar-refractivity contribution in [2.45, 2.75) is 52.0 Å². The van der Waals surface area contributed by atoms with Gasteiger partial charge in [-0.1, -0.05) is 37.3 Å². The summed E-state index contributed by atoms with van der Waals surface area (Å²) in [6.45, 7) is 4.02. The van der Waals surface area contributed by atoms with Crippen LogP contribution in [0.15, 0.2) is 29.1 Å². The molecule has 0 saturated heterocycles. The first-order valence-electron chi connectivity index (χ1n) is 9.31. The van der Waals surface area contributed by atoms with Gasteiger partial charge in [0.15, 0.2) is 4.83 Å². The lowest BCUT2D eigenvalue weighted by Gasteiger charge is -2.13. The number of thiophene rings is 1. The minimum atomic E-state index is -0.275. The summed E-state index contributed by atoms with van der Waals surface area (Å²) >= 11 is 1.56.